The number of hydrogen-bond acceptors (Lipinski definition) is 9. The van der Waals surface area contributed by atoms with Gasteiger partial charge in [0.25, 0.3) is 11.1 Å². The van der Waals surface area contributed by atoms with Crippen molar-refractivity contribution in [2.24, 2.45) is 0 Å². The van der Waals surface area contributed by atoms with E-state index in [0.29, 0.717) is 28.4 Å². The van der Waals surface area contributed by atoms with Crippen molar-refractivity contribution >= 4 is 44.5 Å². The van der Waals surface area contributed by atoms with E-state index < -0.39 is 26.9 Å². The number of nitrogens with zero attached hydrogens (tertiary/aromatic N) is 3. The third kappa shape index (κ3) is 5.72. The van der Waals surface area contributed by atoms with Crippen molar-refractivity contribution < 1.29 is 27.5 Å². The number of furan rings is 1. The second kappa shape index (κ2) is 10.3. The summed E-state index contributed by atoms with van der Waals surface area (Å²) in [6, 6.07) is 19.5. The van der Waals surface area contributed by atoms with Gasteiger partial charge in [-0.05, 0) is 29.8 Å². The number of anilines is 1. The van der Waals surface area contributed by atoms with E-state index in [1.807, 2.05) is 0 Å². The van der Waals surface area contributed by atoms with Crippen LogP contribution in [0.25, 0.3) is 17.4 Å². The maximum absolute atomic E-state index is 12.6. The molecule has 4 rings (SSSR count). The fourth-order valence-corrected chi connectivity index (χ4v) is 5.18. The van der Waals surface area contributed by atoms with Gasteiger partial charge >= 0.3 is 5.97 Å². The summed E-state index contributed by atoms with van der Waals surface area (Å²) in [4.78, 5) is 27.6. The summed E-state index contributed by atoms with van der Waals surface area (Å²) >= 11 is 0.674. The zero-order valence-corrected chi connectivity index (χ0v) is 19.9. The average molecular weight is 521 g/mol. The van der Waals surface area contributed by atoms with Crippen LogP contribution in [0, 0.1) is 11.3 Å². The number of benzene rings is 2. The Hall–Kier alpha value is -4.60. The molecule has 0 atom stereocenters. The molecular formula is C24H16N4O6S2. The number of carbonyl (C=O) groups is 2. The minimum Gasteiger partial charge on any atom is -0.478 e. The van der Waals surface area contributed by atoms with E-state index in [-0.39, 0.29) is 27.8 Å². The number of rotatable bonds is 8. The van der Waals surface area contributed by atoms with Crippen molar-refractivity contribution in [2.75, 3.05) is 5.32 Å². The Labute approximate surface area is 209 Å². The van der Waals surface area contributed by atoms with Gasteiger partial charge in [-0.3, -0.25) is 10.1 Å². The molecule has 4 aromatic rings. The quantitative estimate of drug-likeness (QED) is 0.258. The summed E-state index contributed by atoms with van der Waals surface area (Å²) in [6.45, 7) is 0. The molecule has 0 saturated heterocycles. The number of carboxylic acids is 1. The summed E-state index contributed by atoms with van der Waals surface area (Å²) in [6.07, 6.45) is 1.20. The number of aromatic carboxylic acids is 1. The minimum atomic E-state index is -3.83. The zero-order valence-electron chi connectivity index (χ0n) is 18.3. The molecule has 0 bridgehead atoms. The van der Waals surface area contributed by atoms with Crippen LogP contribution in [0.3, 0.4) is 0 Å². The van der Waals surface area contributed by atoms with E-state index in [4.69, 9.17) is 9.52 Å². The molecule has 2 aromatic heterocycles. The third-order valence-corrected chi connectivity index (χ3v) is 6.98. The van der Waals surface area contributed by atoms with Crippen LogP contribution in [0.15, 0.2) is 81.9 Å². The van der Waals surface area contributed by atoms with Crippen LogP contribution in [-0.2, 0) is 20.4 Å². The molecule has 0 aliphatic carbocycles. The third-order valence-electron chi connectivity index (χ3n) is 4.78. The van der Waals surface area contributed by atoms with E-state index in [2.05, 4.69) is 14.7 Å². The van der Waals surface area contributed by atoms with Crippen LogP contribution in [0.1, 0.15) is 21.7 Å². The van der Waals surface area contributed by atoms with Crippen molar-refractivity contribution in [3.63, 3.8) is 0 Å². The topological polar surface area (TPSA) is 163 Å². The second-order valence-corrected chi connectivity index (χ2v) is 9.97. The van der Waals surface area contributed by atoms with E-state index in [1.54, 1.807) is 54.6 Å². The van der Waals surface area contributed by atoms with Gasteiger partial charge in [0.2, 0.25) is 15.0 Å². The molecule has 0 spiro atoms. The normalized spacial score (nSPS) is 11.6. The minimum absolute atomic E-state index is 0.0836. The Morgan fingerprint density at radius 1 is 1.11 bits per heavy atom. The molecule has 1 amide bonds. The number of amides is 1. The zero-order chi connectivity index (χ0) is 25.7. The molecule has 0 aliphatic rings. The van der Waals surface area contributed by atoms with Gasteiger partial charge < -0.3 is 9.52 Å². The molecule has 2 aromatic carbocycles. The standard InChI is InChI=1S/C24H16N4O6S2/c25-13-18(12-19-9-10-20(34-19)16-7-4-8-17(11-16)22(30)31)21(29)26-23-27-24(28-35-23)36(32,33)14-15-5-2-1-3-6-15/h1-12H,14H2,(H,30,31)(H,26,27,28,29)/b18-12-. The Kier molecular flexibility index (Phi) is 7.05. The van der Waals surface area contributed by atoms with Crippen LogP contribution >= 0.6 is 11.5 Å². The van der Waals surface area contributed by atoms with Crippen molar-refractivity contribution in [1.29, 1.82) is 5.26 Å². The van der Waals surface area contributed by atoms with Gasteiger partial charge in [0.05, 0.1) is 11.3 Å². The Bertz CT molecular complexity index is 1620. The molecule has 36 heavy (non-hydrogen) atoms. The molecule has 0 radical (unpaired) electrons. The lowest BCUT2D eigenvalue weighted by Gasteiger charge is -2.01. The van der Waals surface area contributed by atoms with E-state index >= 15 is 0 Å². The van der Waals surface area contributed by atoms with Crippen LogP contribution in [0.2, 0.25) is 0 Å². The first-order valence-corrected chi connectivity index (χ1v) is 12.6. The lowest BCUT2D eigenvalue weighted by atomic mass is 10.1. The van der Waals surface area contributed by atoms with Gasteiger partial charge in [-0.25, -0.2) is 13.2 Å². The molecule has 0 unspecified atom stereocenters. The van der Waals surface area contributed by atoms with Gasteiger partial charge in [-0.1, -0.05) is 42.5 Å². The number of sulfone groups is 1. The second-order valence-electron chi connectivity index (χ2n) is 7.34. The largest absolute Gasteiger partial charge is 0.478 e. The molecule has 180 valence electrons. The first-order chi connectivity index (χ1) is 17.2. The molecule has 2 N–H and O–H groups in total. The smallest absolute Gasteiger partial charge is 0.335 e. The van der Waals surface area contributed by atoms with Crippen molar-refractivity contribution in [2.45, 2.75) is 10.9 Å². The van der Waals surface area contributed by atoms with Crippen molar-refractivity contribution in [3.8, 4) is 17.4 Å². The highest BCUT2D eigenvalue weighted by Gasteiger charge is 2.22. The maximum Gasteiger partial charge on any atom is 0.335 e. The lowest BCUT2D eigenvalue weighted by molar-refractivity contribution is -0.112. The first-order valence-electron chi connectivity index (χ1n) is 10.2. The molecule has 10 nitrogen and oxygen atoms in total. The molecule has 12 heteroatoms. The average Bonchev–Trinajstić information content (AvgIpc) is 3.53. The monoisotopic (exact) mass is 520 g/mol. The maximum atomic E-state index is 12.6. The van der Waals surface area contributed by atoms with Crippen LogP contribution in [0.5, 0.6) is 0 Å². The number of aromatic nitrogens is 2. The van der Waals surface area contributed by atoms with Gasteiger partial charge in [0.1, 0.15) is 23.2 Å². The van der Waals surface area contributed by atoms with Gasteiger partial charge in [0, 0.05) is 23.2 Å². The Morgan fingerprint density at radius 3 is 2.61 bits per heavy atom. The molecular weight excluding hydrogens is 504 g/mol. The van der Waals surface area contributed by atoms with Gasteiger partial charge in [-0.2, -0.15) is 14.6 Å². The summed E-state index contributed by atoms with van der Waals surface area (Å²) in [7, 11) is -3.83. The highest BCUT2D eigenvalue weighted by atomic mass is 32.2. The molecule has 0 aliphatic heterocycles. The highest BCUT2D eigenvalue weighted by Crippen LogP contribution is 2.25. The van der Waals surface area contributed by atoms with Crippen molar-refractivity contribution in [3.05, 3.63) is 89.2 Å². The summed E-state index contributed by atoms with van der Waals surface area (Å²) in [5.41, 5.74) is 0.843. The van der Waals surface area contributed by atoms with Crippen molar-refractivity contribution in [1.82, 2.24) is 9.36 Å². The summed E-state index contributed by atoms with van der Waals surface area (Å²) in [5.74, 6) is -1.68. The van der Waals surface area contributed by atoms with Crippen LogP contribution in [0.4, 0.5) is 5.13 Å². The predicted octanol–water partition coefficient (Wildman–Crippen LogP) is 4.02. The van der Waals surface area contributed by atoms with E-state index in [1.165, 1.54) is 24.3 Å². The number of carboxylic acid groups (broad SMARTS) is 1. The summed E-state index contributed by atoms with van der Waals surface area (Å²) in [5, 5.41) is 20.4. The number of nitriles is 1. The first kappa shape index (κ1) is 24.5. The van der Waals surface area contributed by atoms with Crippen LogP contribution < -0.4 is 5.32 Å². The fourth-order valence-electron chi connectivity index (χ4n) is 3.09. The number of hydrogen-bond donors (Lipinski definition) is 2. The molecule has 0 fully saturated rings. The van der Waals surface area contributed by atoms with E-state index in [9.17, 15) is 23.3 Å². The number of nitrogens with one attached hydrogen (secondary N) is 1. The fraction of sp³-hybridized carbons (Fsp3) is 0.0417. The molecule has 0 saturated carbocycles. The van der Waals surface area contributed by atoms with E-state index in [0.717, 1.165) is 0 Å². The summed E-state index contributed by atoms with van der Waals surface area (Å²) < 4.78 is 34.6. The Balaban J connectivity index is 1.48. The predicted molar refractivity (Wildman–Crippen MR) is 131 cm³/mol. The lowest BCUT2D eigenvalue weighted by Crippen LogP contribution is -2.13. The van der Waals surface area contributed by atoms with Gasteiger partial charge in [0.15, 0.2) is 0 Å². The van der Waals surface area contributed by atoms with Crippen LogP contribution in [-0.4, -0.2) is 34.8 Å². The highest BCUT2D eigenvalue weighted by molar-refractivity contribution is 7.90. The molecule has 2 heterocycles. The van der Waals surface area contributed by atoms with Gasteiger partial charge in [-0.15, -0.1) is 0 Å². The Morgan fingerprint density at radius 2 is 1.89 bits per heavy atom. The SMILES string of the molecule is N#C/C(=C/c1ccc(-c2cccc(C(=O)O)c2)o1)C(=O)Nc1nc(S(=O)(=O)Cc2ccccc2)ns1. The number of carbonyl (C=O) groups excluding carboxylic acids is 1.